The maximum absolute atomic E-state index is 14.1. The summed E-state index contributed by atoms with van der Waals surface area (Å²) in [5.41, 5.74) is 0.711. The molecule has 0 spiro atoms. The molecule has 4 heteroatoms. The normalized spacial score (nSPS) is 12.3. The molecule has 19 heavy (non-hydrogen) atoms. The summed E-state index contributed by atoms with van der Waals surface area (Å²) in [6.07, 6.45) is 0. The maximum atomic E-state index is 14.1. The van der Waals surface area contributed by atoms with Crippen LogP contribution in [0.15, 0.2) is 12.1 Å². The van der Waals surface area contributed by atoms with Gasteiger partial charge in [-0.2, -0.15) is 0 Å². The molecule has 0 aliphatic rings. The lowest BCUT2D eigenvalue weighted by Gasteiger charge is -2.21. The molecular formula is C15H19F2NS. The molecule has 0 atom stereocenters. The Bertz CT molecular complexity index is 596. The first-order valence-corrected chi connectivity index (χ1v) is 7.28. The SMILES string of the molecule is CCNCc1sc2c(F)ccc(F)c2c1C(C)(C)C. The Kier molecular flexibility index (Phi) is 3.92. The molecule has 0 saturated heterocycles. The van der Waals surface area contributed by atoms with Gasteiger partial charge in [-0.25, -0.2) is 8.78 Å². The zero-order valence-corrected chi connectivity index (χ0v) is 12.5. The van der Waals surface area contributed by atoms with Gasteiger partial charge in [0.05, 0.1) is 4.70 Å². The minimum absolute atomic E-state index is 0.211. The van der Waals surface area contributed by atoms with Crippen molar-refractivity contribution in [1.29, 1.82) is 0 Å². The zero-order chi connectivity index (χ0) is 14.2. The summed E-state index contributed by atoms with van der Waals surface area (Å²) in [6, 6.07) is 2.42. The standard InChI is InChI=1S/C15H19F2NS/c1-5-18-8-11-13(15(2,3)4)12-9(16)6-7-10(17)14(12)19-11/h6-7,18H,5,8H2,1-4H3. The van der Waals surface area contributed by atoms with Crippen LogP contribution in [0.3, 0.4) is 0 Å². The molecule has 1 nitrogen and oxygen atoms in total. The Labute approximate surface area is 116 Å². The van der Waals surface area contributed by atoms with Crippen molar-refractivity contribution in [2.45, 2.75) is 39.7 Å². The molecule has 1 aromatic carbocycles. The molecule has 0 aliphatic heterocycles. The van der Waals surface area contributed by atoms with E-state index in [2.05, 4.69) is 5.32 Å². The third-order valence-corrected chi connectivity index (χ3v) is 4.30. The lowest BCUT2D eigenvalue weighted by Crippen LogP contribution is -2.17. The van der Waals surface area contributed by atoms with Gasteiger partial charge in [0.25, 0.3) is 0 Å². The lowest BCUT2D eigenvalue weighted by molar-refractivity contribution is 0.576. The molecule has 0 saturated carbocycles. The highest BCUT2D eigenvalue weighted by Crippen LogP contribution is 2.41. The Morgan fingerprint density at radius 3 is 2.37 bits per heavy atom. The van der Waals surface area contributed by atoms with Crippen molar-refractivity contribution in [1.82, 2.24) is 5.32 Å². The van der Waals surface area contributed by atoms with Crippen molar-refractivity contribution in [3.05, 3.63) is 34.2 Å². The molecule has 1 heterocycles. The van der Waals surface area contributed by atoms with Crippen LogP contribution in [-0.2, 0) is 12.0 Å². The molecule has 104 valence electrons. The van der Waals surface area contributed by atoms with E-state index in [9.17, 15) is 8.78 Å². The van der Waals surface area contributed by atoms with Crippen molar-refractivity contribution < 1.29 is 8.78 Å². The third-order valence-electron chi connectivity index (χ3n) is 3.10. The highest BCUT2D eigenvalue weighted by atomic mass is 32.1. The van der Waals surface area contributed by atoms with Gasteiger partial charge in [-0.05, 0) is 29.7 Å². The molecule has 0 radical (unpaired) electrons. The predicted molar refractivity (Wildman–Crippen MR) is 77.8 cm³/mol. The van der Waals surface area contributed by atoms with Crippen LogP contribution in [0.5, 0.6) is 0 Å². The van der Waals surface area contributed by atoms with Crippen molar-refractivity contribution in [3.63, 3.8) is 0 Å². The summed E-state index contributed by atoms with van der Waals surface area (Å²) in [6.45, 7) is 9.62. The van der Waals surface area contributed by atoms with E-state index >= 15 is 0 Å². The lowest BCUT2D eigenvalue weighted by atomic mass is 9.84. The van der Waals surface area contributed by atoms with Gasteiger partial charge in [0.2, 0.25) is 0 Å². The monoisotopic (exact) mass is 283 g/mol. The largest absolute Gasteiger partial charge is 0.312 e. The first-order chi connectivity index (χ1) is 8.86. The minimum atomic E-state index is -0.338. The highest BCUT2D eigenvalue weighted by Gasteiger charge is 2.26. The summed E-state index contributed by atoms with van der Waals surface area (Å²) in [7, 11) is 0. The first kappa shape index (κ1) is 14.4. The molecule has 0 aliphatic carbocycles. The summed E-state index contributed by atoms with van der Waals surface area (Å²) in [5, 5.41) is 3.69. The van der Waals surface area contributed by atoms with Crippen LogP contribution in [0, 0.1) is 11.6 Å². The second-order valence-corrected chi connectivity index (χ2v) is 6.77. The van der Waals surface area contributed by atoms with Crippen LogP contribution in [0.4, 0.5) is 8.78 Å². The molecule has 2 aromatic rings. The zero-order valence-electron chi connectivity index (χ0n) is 11.7. The van der Waals surface area contributed by atoms with E-state index in [1.54, 1.807) is 0 Å². The van der Waals surface area contributed by atoms with E-state index in [1.807, 2.05) is 27.7 Å². The summed E-state index contributed by atoms with van der Waals surface area (Å²) in [5.74, 6) is -0.671. The van der Waals surface area contributed by atoms with E-state index in [1.165, 1.54) is 23.5 Å². The van der Waals surface area contributed by atoms with Gasteiger partial charge in [0.1, 0.15) is 11.6 Å². The average molecular weight is 283 g/mol. The Morgan fingerprint density at radius 1 is 1.16 bits per heavy atom. The van der Waals surface area contributed by atoms with E-state index < -0.39 is 0 Å². The number of rotatable bonds is 3. The smallest absolute Gasteiger partial charge is 0.141 e. The predicted octanol–water partition coefficient (Wildman–Crippen LogP) is 4.59. The van der Waals surface area contributed by atoms with Crippen LogP contribution in [-0.4, -0.2) is 6.54 Å². The number of fused-ring (bicyclic) bond motifs is 1. The van der Waals surface area contributed by atoms with E-state index in [0.29, 0.717) is 16.6 Å². The summed E-state index contributed by atoms with van der Waals surface area (Å²) in [4.78, 5) is 1.02. The quantitative estimate of drug-likeness (QED) is 0.869. The fraction of sp³-hybridized carbons (Fsp3) is 0.467. The second kappa shape index (κ2) is 5.17. The topological polar surface area (TPSA) is 12.0 Å². The Balaban J connectivity index is 2.74. The van der Waals surface area contributed by atoms with Crippen LogP contribution in [0.25, 0.3) is 10.1 Å². The van der Waals surface area contributed by atoms with Gasteiger partial charge >= 0.3 is 0 Å². The number of hydrogen-bond acceptors (Lipinski definition) is 2. The van der Waals surface area contributed by atoms with Crippen molar-refractivity contribution in [2.75, 3.05) is 6.54 Å². The number of hydrogen-bond donors (Lipinski definition) is 1. The van der Waals surface area contributed by atoms with Gasteiger partial charge in [0, 0.05) is 16.8 Å². The number of benzene rings is 1. The Hall–Kier alpha value is -1.00. The van der Waals surface area contributed by atoms with Gasteiger partial charge < -0.3 is 5.32 Å². The van der Waals surface area contributed by atoms with Crippen molar-refractivity contribution in [2.24, 2.45) is 0 Å². The fourth-order valence-electron chi connectivity index (χ4n) is 2.34. The summed E-state index contributed by atoms with van der Waals surface area (Å²) >= 11 is 1.35. The fourth-order valence-corrected chi connectivity index (χ4v) is 3.73. The van der Waals surface area contributed by atoms with E-state index in [4.69, 9.17) is 0 Å². The molecule has 0 bridgehead atoms. The van der Waals surface area contributed by atoms with Crippen LogP contribution in [0.1, 0.15) is 38.1 Å². The first-order valence-electron chi connectivity index (χ1n) is 6.46. The number of halogens is 2. The van der Waals surface area contributed by atoms with Crippen LogP contribution < -0.4 is 5.32 Å². The highest BCUT2D eigenvalue weighted by molar-refractivity contribution is 7.19. The van der Waals surface area contributed by atoms with Gasteiger partial charge in [-0.3, -0.25) is 0 Å². The van der Waals surface area contributed by atoms with Gasteiger partial charge in [-0.1, -0.05) is 27.7 Å². The van der Waals surface area contributed by atoms with Gasteiger partial charge in [0.15, 0.2) is 0 Å². The van der Waals surface area contributed by atoms with E-state index in [0.717, 1.165) is 17.0 Å². The molecule has 1 N–H and O–H groups in total. The van der Waals surface area contributed by atoms with Crippen molar-refractivity contribution >= 4 is 21.4 Å². The third kappa shape index (κ3) is 2.65. The molecule has 0 fully saturated rings. The molecular weight excluding hydrogens is 264 g/mol. The summed E-state index contributed by atoms with van der Waals surface area (Å²) < 4.78 is 28.4. The Morgan fingerprint density at radius 2 is 1.79 bits per heavy atom. The molecule has 0 unspecified atom stereocenters. The molecule has 0 amide bonds. The molecule has 2 rings (SSSR count). The number of thiophene rings is 1. The minimum Gasteiger partial charge on any atom is -0.312 e. The number of nitrogens with one attached hydrogen (secondary N) is 1. The maximum Gasteiger partial charge on any atom is 0.141 e. The second-order valence-electron chi connectivity index (χ2n) is 5.66. The molecule has 1 aromatic heterocycles. The van der Waals surface area contributed by atoms with E-state index in [-0.39, 0.29) is 17.0 Å². The van der Waals surface area contributed by atoms with Crippen molar-refractivity contribution in [3.8, 4) is 0 Å². The van der Waals surface area contributed by atoms with Gasteiger partial charge in [-0.15, -0.1) is 11.3 Å². The average Bonchev–Trinajstić information content (AvgIpc) is 2.71. The van der Waals surface area contributed by atoms with Crippen LogP contribution >= 0.6 is 11.3 Å². The van der Waals surface area contributed by atoms with Crippen LogP contribution in [0.2, 0.25) is 0 Å².